The van der Waals surface area contributed by atoms with Gasteiger partial charge in [0.25, 0.3) is 0 Å². The van der Waals surface area contributed by atoms with Crippen LogP contribution in [0.1, 0.15) is 45.3 Å². The molecule has 0 saturated heterocycles. The van der Waals surface area contributed by atoms with Gasteiger partial charge >= 0.3 is 0 Å². The summed E-state index contributed by atoms with van der Waals surface area (Å²) in [4.78, 5) is 6.78. The third-order valence-corrected chi connectivity index (χ3v) is 4.81. The summed E-state index contributed by atoms with van der Waals surface area (Å²) in [5.74, 6) is 0.796. The number of guanidine groups is 1. The highest BCUT2D eigenvalue weighted by Gasteiger charge is 2.13. The first-order chi connectivity index (χ1) is 12.5. The van der Waals surface area contributed by atoms with Gasteiger partial charge in [-0.05, 0) is 57.1 Å². The Labute approximate surface area is 187 Å². The second kappa shape index (κ2) is 15.4. The van der Waals surface area contributed by atoms with E-state index < -0.39 is 0 Å². The maximum atomic E-state index is 6.08. The molecule has 0 aliphatic rings. The van der Waals surface area contributed by atoms with E-state index >= 15 is 0 Å². The molecule has 1 aromatic rings. The largest absolute Gasteiger partial charge is 0.375 e. The summed E-state index contributed by atoms with van der Waals surface area (Å²) in [6.45, 7) is 10.6. The van der Waals surface area contributed by atoms with Gasteiger partial charge in [-0.3, -0.25) is 4.99 Å². The molecule has 0 heterocycles. The third kappa shape index (κ3) is 10.5. The van der Waals surface area contributed by atoms with E-state index in [-0.39, 0.29) is 30.1 Å². The predicted octanol–water partition coefficient (Wildman–Crippen LogP) is 4.32. The van der Waals surface area contributed by atoms with Crippen LogP contribution in [0.4, 0.5) is 0 Å². The lowest BCUT2D eigenvalue weighted by Crippen LogP contribution is -2.44. The van der Waals surface area contributed by atoms with Crippen molar-refractivity contribution in [1.82, 2.24) is 15.5 Å². The highest BCUT2D eigenvalue weighted by Crippen LogP contribution is 2.19. The van der Waals surface area contributed by atoms with Gasteiger partial charge in [-0.15, -0.1) is 24.0 Å². The molecule has 2 atom stereocenters. The summed E-state index contributed by atoms with van der Waals surface area (Å²) in [6, 6.07) is 8.13. The van der Waals surface area contributed by atoms with Crippen molar-refractivity contribution >= 4 is 41.5 Å². The van der Waals surface area contributed by atoms with Gasteiger partial charge in [0.05, 0.1) is 6.10 Å². The Morgan fingerprint density at radius 3 is 2.56 bits per heavy atom. The van der Waals surface area contributed by atoms with E-state index in [1.165, 1.54) is 6.42 Å². The fourth-order valence-corrected chi connectivity index (χ4v) is 3.09. The van der Waals surface area contributed by atoms with Gasteiger partial charge in [-0.25, -0.2) is 0 Å². The number of nitrogens with one attached hydrogen (secondary N) is 2. The standard InChI is InChI=1S/C20H35ClN4O.HI/c1-6-25(7-2)13-9-10-16(3)24-20(22-4)23-15-19(26-5)17-11-8-12-18(21)14-17;/h8,11-12,14,16,19H,6-7,9-10,13,15H2,1-5H3,(H2,22,23,24);1H. The van der Waals surface area contributed by atoms with Crippen LogP contribution in [0.5, 0.6) is 0 Å². The molecule has 0 aromatic heterocycles. The second-order valence-electron chi connectivity index (χ2n) is 6.45. The Balaban J connectivity index is 0.00000676. The highest BCUT2D eigenvalue weighted by atomic mass is 127. The molecule has 1 rings (SSSR count). The molecule has 156 valence electrons. The maximum Gasteiger partial charge on any atom is 0.191 e. The van der Waals surface area contributed by atoms with E-state index in [1.807, 2.05) is 24.3 Å². The molecular formula is C20H36ClIN4O. The number of halogens is 2. The Hall–Kier alpha value is -0.570. The smallest absolute Gasteiger partial charge is 0.191 e. The molecule has 0 saturated carbocycles. The Kier molecular flexibility index (Phi) is 15.0. The number of hydrogen-bond acceptors (Lipinski definition) is 3. The Bertz CT molecular complexity index is 540. The lowest BCUT2D eigenvalue weighted by atomic mass is 10.1. The molecule has 0 bridgehead atoms. The van der Waals surface area contributed by atoms with Crippen molar-refractivity contribution in [3.63, 3.8) is 0 Å². The highest BCUT2D eigenvalue weighted by molar-refractivity contribution is 14.0. The zero-order valence-electron chi connectivity index (χ0n) is 17.3. The van der Waals surface area contributed by atoms with Crippen LogP contribution in [0.25, 0.3) is 0 Å². The molecule has 7 heteroatoms. The van der Waals surface area contributed by atoms with Crippen molar-refractivity contribution in [3.8, 4) is 0 Å². The first kappa shape index (κ1) is 26.4. The van der Waals surface area contributed by atoms with Crippen LogP contribution < -0.4 is 10.6 Å². The predicted molar refractivity (Wildman–Crippen MR) is 128 cm³/mol. The maximum absolute atomic E-state index is 6.08. The lowest BCUT2D eigenvalue weighted by Gasteiger charge is -2.22. The first-order valence-electron chi connectivity index (χ1n) is 9.51. The monoisotopic (exact) mass is 510 g/mol. The Morgan fingerprint density at radius 1 is 1.30 bits per heavy atom. The number of methoxy groups -OCH3 is 1. The minimum Gasteiger partial charge on any atom is -0.375 e. The molecule has 0 fully saturated rings. The van der Waals surface area contributed by atoms with Crippen molar-refractivity contribution in [2.75, 3.05) is 40.3 Å². The van der Waals surface area contributed by atoms with Crippen molar-refractivity contribution in [3.05, 3.63) is 34.9 Å². The lowest BCUT2D eigenvalue weighted by molar-refractivity contribution is 0.106. The quantitative estimate of drug-likeness (QED) is 0.264. The first-order valence-corrected chi connectivity index (χ1v) is 9.89. The molecular weight excluding hydrogens is 475 g/mol. The number of aliphatic imine (C=N–C) groups is 1. The molecule has 0 amide bonds. The van der Waals surface area contributed by atoms with Gasteiger partial charge < -0.3 is 20.3 Å². The van der Waals surface area contributed by atoms with Crippen molar-refractivity contribution in [1.29, 1.82) is 0 Å². The number of nitrogens with zero attached hydrogens (tertiary/aromatic N) is 2. The fraction of sp³-hybridized carbons (Fsp3) is 0.650. The van der Waals surface area contributed by atoms with Gasteiger partial charge in [0.2, 0.25) is 0 Å². The van der Waals surface area contributed by atoms with Crippen LogP contribution in [0, 0.1) is 0 Å². The number of rotatable bonds is 11. The van der Waals surface area contributed by atoms with Crippen molar-refractivity contribution in [2.45, 2.75) is 45.8 Å². The van der Waals surface area contributed by atoms with Crippen LogP contribution in [-0.2, 0) is 4.74 Å². The average Bonchev–Trinajstić information content (AvgIpc) is 2.64. The van der Waals surface area contributed by atoms with E-state index in [4.69, 9.17) is 16.3 Å². The third-order valence-electron chi connectivity index (χ3n) is 4.57. The second-order valence-corrected chi connectivity index (χ2v) is 6.88. The number of hydrogen-bond donors (Lipinski definition) is 2. The van der Waals surface area contributed by atoms with Gasteiger partial charge in [0, 0.05) is 31.8 Å². The van der Waals surface area contributed by atoms with Crippen molar-refractivity contribution in [2.24, 2.45) is 4.99 Å². The van der Waals surface area contributed by atoms with Crippen LogP contribution in [-0.4, -0.2) is 57.2 Å². The molecule has 5 nitrogen and oxygen atoms in total. The minimum absolute atomic E-state index is 0. The number of ether oxygens (including phenoxy) is 1. The fourth-order valence-electron chi connectivity index (χ4n) is 2.89. The van der Waals surface area contributed by atoms with Gasteiger partial charge in [0.15, 0.2) is 5.96 Å². The SMILES string of the molecule is CCN(CC)CCCC(C)NC(=NC)NCC(OC)c1cccc(Cl)c1.I. The Morgan fingerprint density at radius 2 is 2.00 bits per heavy atom. The average molecular weight is 511 g/mol. The van der Waals surface area contributed by atoms with Crippen molar-refractivity contribution < 1.29 is 4.74 Å². The molecule has 27 heavy (non-hydrogen) atoms. The zero-order valence-corrected chi connectivity index (χ0v) is 20.4. The van der Waals surface area contributed by atoms with E-state index in [2.05, 4.69) is 41.3 Å². The molecule has 0 aliphatic heterocycles. The topological polar surface area (TPSA) is 48.9 Å². The number of benzene rings is 1. The molecule has 0 radical (unpaired) electrons. The molecule has 2 N–H and O–H groups in total. The van der Waals surface area contributed by atoms with Crippen LogP contribution in [0.2, 0.25) is 5.02 Å². The van der Waals surface area contributed by atoms with Crippen LogP contribution >= 0.6 is 35.6 Å². The van der Waals surface area contributed by atoms with Crippen LogP contribution in [0.3, 0.4) is 0 Å². The van der Waals surface area contributed by atoms with Gasteiger partial charge in [0.1, 0.15) is 0 Å². The molecule has 2 unspecified atom stereocenters. The summed E-state index contributed by atoms with van der Waals surface area (Å²) in [5.41, 5.74) is 1.05. The molecule has 0 aliphatic carbocycles. The zero-order chi connectivity index (χ0) is 19.4. The van der Waals surface area contributed by atoms with Gasteiger partial charge in [-0.2, -0.15) is 0 Å². The van der Waals surface area contributed by atoms with E-state index in [9.17, 15) is 0 Å². The summed E-state index contributed by atoms with van der Waals surface area (Å²) < 4.78 is 5.60. The molecule has 0 spiro atoms. The summed E-state index contributed by atoms with van der Waals surface area (Å²) in [5, 5.41) is 7.53. The molecule has 1 aromatic carbocycles. The van der Waals surface area contributed by atoms with E-state index in [0.29, 0.717) is 17.6 Å². The van der Waals surface area contributed by atoms with E-state index in [1.54, 1.807) is 14.2 Å². The minimum atomic E-state index is -0.0785. The van der Waals surface area contributed by atoms with E-state index in [0.717, 1.165) is 37.6 Å². The summed E-state index contributed by atoms with van der Waals surface area (Å²) >= 11 is 6.08. The van der Waals surface area contributed by atoms with Gasteiger partial charge in [-0.1, -0.05) is 37.6 Å². The van der Waals surface area contributed by atoms with Crippen LogP contribution in [0.15, 0.2) is 29.3 Å². The summed E-state index contributed by atoms with van der Waals surface area (Å²) in [7, 11) is 3.50. The normalized spacial score (nSPS) is 13.8. The summed E-state index contributed by atoms with van der Waals surface area (Å²) in [6.07, 6.45) is 2.21.